The molecular weight excluding hydrogens is 254 g/mol. The molecule has 19 heavy (non-hydrogen) atoms. The number of amides is 2. The maximum atomic E-state index is 11.4. The van der Waals surface area contributed by atoms with Crippen LogP contribution in [0.1, 0.15) is 20.3 Å². The third-order valence-electron chi connectivity index (χ3n) is 2.47. The van der Waals surface area contributed by atoms with Gasteiger partial charge < -0.3 is 26.6 Å². The monoisotopic (exact) mass is 275 g/mol. The maximum absolute atomic E-state index is 11.4. The molecule has 6 N–H and O–H groups in total. The van der Waals surface area contributed by atoms with Crippen LogP contribution >= 0.6 is 0 Å². The van der Waals surface area contributed by atoms with Gasteiger partial charge in [-0.1, -0.05) is 13.8 Å². The van der Waals surface area contributed by atoms with Crippen molar-refractivity contribution in [1.29, 1.82) is 0 Å². The van der Waals surface area contributed by atoms with Crippen molar-refractivity contribution in [3.63, 3.8) is 0 Å². The molecule has 110 valence electrons. The molecule has 0 aromatic rings. The highest BCUT2D eigenvalue weighted by molar-refractivity contribution is 5.87. The van der Waals surface area contributed by atoms with Gasteiger partial charge >= 0.3 is 5.97 Å². The third-order valence-corrected chi connectivity index (χ3v) is 2.47. The third kappa shape index (κ3) is 7.37. The lowest BCUT2D eigenvalue weighted by molar-refractivity contribution is -0.147. The highest BCUT2D eigenvalue weighted by Crippen LogP contribution is 1.97. The van der Waals surface area contributed by atoms with Crippen LogP contribution in [0, 0.1) is 5.92 Å². The summed E-state index contributed by atoms with van der Waals surface area (Å²) in [6, 6.07) is -0.679. The van der Waals surface area contributed by atoms with Crippen molar-refractivity contribution in [1.82, 2.24) is 10.6 Å². The molecule has 8 heteroatoms. The molecule has 2 atom stereocenters. The van der Waals surface area contributed by atoms with Crippen LogP contribution in [-0.2, 0) is 14.4 Å². The lowest BCUT2D eigenvalue weighted by atomic mass is 10.1. The molecule has 2 amide bonds. The van der Waals surface area contributed by atoms with Crippen LogP contribution in [-0.4, -0.2) is 53.2 Å². The fourth-order valence-corrected chi connectivity index (χ4v) is 1.12. The van der Waals surface area contributed by atoms with Crippen LogP contribution in [0.5, 0.6) is 0 Å². The van der Waals surface area contributed by atoms with E-state index in [2.05, 4.69) is 10.6 Å². The van der Waals surface area contributed by atoms with Gasteiger partial charge in [0.1, 0.15) is 0 Å². The summed E-state index contributed by atoms with van der Waals surface area (Å²) in [7, 11) is 0. The Hall–Kier alpha value is -1.67. The summed E-state index contributed by atoms with van der Waals surface area (Å²) in [5.41, 5.74) is 5.58. The number of carbonyl (C=O) groups is 3. The lowest BCUT2D eigenvalue weighted by Crippen LogP contribution is -2.47. The number of aliphatic carboxylic acids is 1. The Balaban J connectivity index is 3.82. The van der Waals surface area contributed by atoms with Gasteiger partial charge in [0.25, 0.3) is 0 Å². The van der Waals surface area contributed by atoms with E-state index in [4.69, 9.17) is 15.9 Å². The summed E-state index contributed by atoms with van der Waals surface area (Å²) in [5, 5.41) is 22.1. The molecule has 0 aliphatic heterocycles. The summed E-state index contributed by atoms with van der Waals surface area (Å²) in [6.07, 6.45) is -1.61. The molecule has 0 aliphatic carbocycles. The van der Waals surface area contributed by atoms with E-state index in [1.165, 1.54) is 0 Å². The van der Waals surface area contributed by atoms with Crippen molar-refractivity contribution >= 4 is 17.8 Å². The van der Waals surface area contributed by atoms with Gasteiger partial charge in [-0.2, -0.15) is 0 Å². The standard InChI is InChI=1S/C11H21N3O5/c1-6(2)9(12)10(17)14-5-8(16)13-4-3-7(15)11(18)19/h6-7,9,15H,3-5,12H2,1-2H3,(H,13,16)(H,14,17)(H,18,19)/t7?,9-/m0/s1. The van der Waals surface area contributed by atoms with Crippen molar-refractivity contribution in [2.75, 3.05) is 13.1 Å². The Morgan fingerprint density at radius 3 is 2.26 bits per heavy atom. The van der Waals surface area contributed by atoms with Crippen LogP contribution in [0.3, 0.4) is 0 Å². The molecule has 0 fully saturated rings. The number of carbonyl (C=O) groups excluding carboxylic acids is 2. The normalized spacial score (nSPS) is 13.7. The van der Waals surface area contributed by atoms with Crippen molar-refractivity contribution in [3.8, 4) is 0 Å². The second-order valence-electron chi connectivity index (χ2n) is 4.48. The molecule has 0 spiro atoms. The number of nitrogens with one attached hydrogen (secondary N) is 2. The van der Waals surface area contributed by atoms with Gasteiger partial charge in [-0.15, -0.1) is 0 Å². The molecule has 0 aromatic carbocycles. The topological polar surface area (TPSA) is 142 Å². The molecule has 0 saturated carbocycles. The Bertz CT molecular complexity index is 332. The average molecular weight is 275 g/mol. The maximum Gasteiger partial charge on any atom is 0.332 e. The molecule has 1 unspecified atom stereocenters. The van der Waals surface area contributed by atoms with Crippen molar-refractivity contribution < 1.29 is 24.6 Å². The zero-order chi connectivity index (χ0) is 15.0. The van der Waals surface area contributed by atoms with E-state index >= 15 is 0 Å². The van der Waals surface area contributed by atoms with Crippen molar-refractivity contribution in [2.24, 2.45) is 11.7 Å². The first kappa shape index (κ1) is 17.3. The minimum Gasteiger partial charge on any atom is -0.479 e. The molecule has 0 rings (SSSR count). The SMILES string of the molecule is CC(C)[C@H](N)C(=O)NCC(=O)NCCC(O)C(=O)O. The summed E-state index contributed by atoms with van der Waals surface area (Å²) in [6.45, 7) is 3.36. The summed E-state index contributed by atoms with van der Waals surface area (Å²) < 4.78 is 0. The average Bonchev–Trinajstić information content (AvgIpc) is 2.34. The first-order valence-corrected chi connectivity index (χ1v) is 5.96. The predicted molar refractivity (Wildman–Crippen MR) is 67.1 cm³/mol. The molecule has 0 aromatic heterocycles. The van der Waals surface area contributed by atoms with E-state index < -0.39 is 29.9 Å². The van der Waals surface area contributed by atoms with Gasteiger partial charge in [-0.05, 0) is 5.92 Å². The van der Waals surface area contributed by atoms with Gasteiger partial charge in [-0.3, -0.25) is 9.59 Å². The molecule has 8 nitrogen and oxygen atoms in total. The molecule has 0 aliphatic rings. The van der Waals surface area contributed by atoms with Gasteiger partial charge in [0.15, 0.2) is 6.10 Å². The molecule has 0 saturated heterocycles. The summed E-state index contributed by atoms with van der Waals surface area (Å²) >= 11 is 0. The largest absolute Gasteiger partial charge is 0.479 e. The number of nitrogens with two attached hydrogens (primary N) is 1. The van der Waals surface area contributed by atoms with E-state index in [0.29, 0.717) is 0 Å². The summed E-state index contributed by atoms with van der Waals surface area (Å²) in [4.78, 5) is 33.0. The van der Waals surface area contributed by atoms with Crippen LogP contribution in [0.25, 0.3) is 0 Å². The predicted octanol–water partition coefficient (Wildman–Crippen LogP) is -1.96. The van der Waals surface area contributed by atoms with Crippen LogP contribution in [0.15, 0.2) is 0 Å². The van der Waals surface area contributed by atoms with Gasteiger partial charge in [0, 0.05) is 13.0 Å². The minimum atomic E-state index is -1.51. The second-order valence-corrected chi connectivity index (χ2v) is 4.48. The Morgan fingerprint density at radius 1 is 1.21 bits per heavy atom. The Kier molecular flexibility index (Phi) is 7.69. The molecular formula is C11H21N3O5. The number of rotatable bonds is 8. The Labute approximate surface area is 111 Å². The van der Waals surface area contributed by atoms with Crippen LogP contribution in [0.2, 0.25) is 0 Å². The molecule has 0 heterocycles. The van der Waals surface area contributed by atoms with E-state index in [9.17, 15) is 14.4 Å². The first-order chi connectivity index (χ1) is 8.75. The summed E-state index contributed by atoms with van der Waals surface area (Å²) in [5.74, 6) is -2.27. The van der Waals surface area contributed by atoms with E-state index in [1.54, 1.807) is 13.8 Å². The highest BCUT2D eigenvalue weighted by Gasteiger charge is 2.17. The van der Waals surface area contributed by atoms with E-state index in [0.717, 1.165) is 0 Å². The van der Waals surface area contributed by atoms with Crippen LogP contribution < -0.4 is 16.4 Å². The second kappa shape index (κ2) is 8.44. The fraction of sp³-hybridized carbons (Fsp3) is 0.727. The molecule has 0 bridgehead atoms. The zero-order valence-corrected chi connectivity index (χ0v) is 11.0. The quantitative estimate of drug-likeness (QED) is 0.348. The van der Waals surface area contributed by atoms with Gasteiger partial charge in [0.05, 0.1) is 12.6 Å². The highest BCUT2D eigenvalue weighted by atomic mass is 16.4. The van der Waals surface area contributed by atoms with Crippen molar-refractivity contribution in [3.05, 3.63) is 0 Å². The zero-order valence-electron chi connectivity index (χ0n) is 11.0. The number of aliphatic hydroxyl groups excluding tert-OH is 1. The Morgan fingerprint density at radius 2 is 1.79 bits per heavy atom. The number of hydrogen-bond acceptors (Lipinski definition) is 5. The first-order valence-electron chi connectivity index (χ1n) is 5.96. The number of carboxylic acid groups (broad SMARTS) is 1. The smallest absolute Gasteiger partial charge is 0.332 e. The minimum absolute atomic E-state index is 0.0123. The van der Waals surface area contributed by atoms with E-state index in [1.807, 2.05) is 0 Å². The number of carboxylic acids is 1. The van der Waals surface area contributed by atoms with E-state index in [-0.39, 0.29) is 25.4 Å². The fourth-order valence-electron chi connectivity index (χ4n) is 1.12. The van der Waals surface area contributed by atoms with Crippen LogP contribution in [0.4, 0.5) is 0 Å². The van der Waals surface area contributed by atoms with Crippen molar-refractivity contribution in [2.45, 2.75) is 32.4 Å². The van der Waals surface area contributed by atoms with Gasteiger partial charge in [0.2, 0.25) is 11.8 Å². The lowest BCUT2D eigenvalue weighted by Gasteiger charge is -2.15. The number of aliphatic hydroxyl groups is 1. The molecule has 0 radical (unpaired) electrons. The van der Waals surface area contributed by atoms with Gasteiger partial charge in [-0.25, -0.2) is 4.79 Å². The number of hydrogen-bond donors (Lipinski definition) is 5.